The summed E-state index contributed by atoms with van der Waals surface area (Å²) in [5, 5.41) is 0. The van der Waals surface area contributed by atoms with Gasteiger partial charge in [-0.15, -0.1) is 0 Å². The van der Waals surface area contributed by atoms with E-state index in [-0.39, 0.29) is 6.04 Å². The third kappa shape index (κ3) is 8.75. The molecule has 1 unspecified atom stereocenters. The lowest BCUT2D eigenvalue weighted by molar-refractivity contribution is 0.0147. The summed E-state index contributed by atoms with van der Waals surface area (Å²) < 4.78 is 28.2. The van der Waals surface area contributed by atoms with Crippen molar-refractivity contribution in [1.82, 2.24) is 0 Å². The summed E-state index contributed by atoms with van der Waals surface area (Å²) in [6, 6.07) is 0.0765. The Labute approximate surface area is 91.2 Å². The number of hydrogen-bond acceptors (Lipinski definition) is 2. The minimum absolute atomic E-state index is 0.0765. The maximum Gasteiger partial charge on any atom is 0.261 e. The molecule has 2 nitrogen and oxygen atoms in total. The Hall–Kier alpha value is -0.220. The normalized spacial score (nSPS) is 13.8. The quantitative estimate of drug-likeness (QED) is 0.610. The first-order chi connectivity index (χ1) is 7.10. The van der Waals surface area contributed by atoms with Crippen LogP contribution in [-0.4, -0.2) is 25.7 Å². The van der Waals surface area contributed by atoms with Gasteiger partial charge < -0.3 is 10.5 Å². The molecule has 0 aromatic rings. The average molecular weight is 223 g/mol. The van der Waals surface area contributed by atoms with Crippen LogP contribution >= 0.6 is 0 Å². The van der Waals surface area contributed by atoms with Gasteiger partial charge in [0.1, 0.15) is 6.61 Å². The molecule has 0 heterocycles. The molecule has 15 heavy (non-hydrogen) atoms. The van der Waals surface area contributed by atoms with Crippen LogP contribution in [0.25, 0.3) is 0 Å². The summed E-state index contributed by atoms with van der Waals surface area (Å²) >= 11 is 0. The minimum Gasteiger partial charge on any atom is -0.375 e. The van der Waals surface area contributed by atoms with Crippen LogP contribution in [0.15, 0.2) is 0 Å². The first-order valence-electron chi connectivity index (χ1n) is 5.71. The van der Waals surface area contributed by atoms with Crippen molar-refractivity contribution in [3.05, 3.63) is 0 Å². The standard InChI is InChI=1S/C11H23F2NO/c1-3-9(4-2)7-10(14)5-6-15-8-11(12)13/h9-11H,3-8,14H2,1-2H3. The number of hydrogen-bond donors (Lipinski definition) is 1. The highest BCUT2D eigenvalue weighted by atomic mass is 19.3. The first kappa shape index (κ1) is 14.8. The highest BCUT2D eigenvalue weighted by Crippen LogP contribution is 2.15. The molecule has 0 amide bonds. The van der Waals surface area contributed by atoms with Crippen molar-refractivity contribution in [2.24, 2.45) is 11.7 Å². The molecule has 0 aromatic heterocycles. The van der Waals surface area contributed by atoms with Gasteiger partial charge in [-0.3, -0.25) is 0 Å². The van der Waals surface area contributed by atoms with E-state index in [4.69, 9.17) is 10.5 Å². The molecule has 0 radical (unpaired) electrons. The largest absolute Gasteiger partial charge is 0.375 e. The second-order valence-corrected chi connectivity index (χ2v) is 3.93. The van der Waals surface area contributed by atoms with Crippen molar-refractivity contribution in [2.45, 2.75) is 52.0 Å². The second kappa shape index (κ2) is 9.04. The monoisotopic (exact) mass is 223 g/mol. The van der Waals surface area contributed by atoms with Crippen molar-refractivity contribution >= 4 is 0 Å². The smallest absolute Gasteiger partial charge is 0.261 e. The topological polar surface area (TPSA) is 35.2 Å². The number of alkyl halides is 2. The Balaban J connectivity index is 3.43. The van der Waals surface area contributed by atoms with Crippen LogP contribution in [0.4, 0.5) is 8.78 Å². The van der Waals surface area contributed by atoms with E-state index < -0.39 is 13.0 Å². The summed E-state index contributed by atoms with van der Waals surface area (Å²) in [7, 11) is 0. The molecule has 4 heteroatoms. The molecule has 2 N–H and O–H groups in total. The van der Waals surface area contributed by atoms with E-state index in [1.54, 1.807) is 0 Å². The Morgan fingerprint density at radius 3 is 2.27 bits per heavy atom. The molecule has 0 aliphatic carbocycles. The molecule has 0 aliphatic heterocycles. The maximum atomic E-state index is 11.7. The zero-order valence-corrected chi connectivity index (χ0v) is 9.72. The molecular weight excluding hydrogens is 200 g/mol. The molecule has 0 saturated carbocycles. The summed E-state index contributed by atoms with van der Waals surface area (Å²) in [6.07, 6.45) is 1.51. The Kier molecular flexibility index (Phi) is 8.91. The first-order valence-corrected chi connectivity index (χ1v) is 5.71. The van der Waals surface area contributed by atoms with Gasteiger partial charge in [0.2, 0.25) is 0 Å². The van der Waals surface area contributed by atoms with E-state index >= 15 is 0 Å². The van der Waals surface area contributed by atoms with Gasteiger partial charge in [0.05, 0.1) is 0 Å². The molecule has 92 valence electrons. The number of rotatable bonds is 9. The van der Waals surface area contributed by atoms with E-state index in [1.165, 1.54) is 0 Å². The van der Waals surface area contributed by atoms with E-state index in [1.807, 2.05) is 0 Å². The fourth-order valence-corrected chi connectivity index (χ4v) is 1.58. The molecule has 1 atom stereocenters. The maximum absolute atomic E-state index is 11.7. The fourth-order valence-electron chi connectivity index (χ4n) is 1.58. The number of halogens is 2. The number of ether oxygens (including phenoxy) is 1. The number of nitrogens with two attached hydrogens (primary N) is 1. The molecule has 0 rings (SSSR count). The lowest BCUT2D eigenvalue weighted by Crippen LogP contribution is -2.25. The fraction of sp³-hybridized carbons (Fsp3) is 1.00. The van der Waals surface area contributed by atoms with Crippen LogP contribution in [0.3, 0.4) is 0 Å². The highest BCUT2D eigenvalue weighted by molar-refractivity contribution is 4.66. The van der Waals surface area contributed by atoms with Crippen molar-refractivity contribution in [3.8, 4) is 0 Å². The van der Waals surface area contributed by atoms with E-state index in [0.29, 0.717) is 18.9 Å². The zero-order valence-electron chi connectivity index (χ0n) is 9.72. The van der Waals surface area contributed by atoms with Crippen LogP contribution in [0, 0.1) is 5.92 Å². The van der Waals surface area contributed by atoms with Crippen LogP contribution in [-0.2, 0) is 4.74 Å². The predicted octanol–water partition coefficient (Wildman–Crippen LogP) is 2.81. The Bertz CT molecular complexity index is 141. The second-order valence-electron chi connectivity index (χ2n) is 3.93. The molecule has 0 saturated heterocycles. The molecule has 0 aliphatic rings. The summed E-state index contributed by atoms with van der Waals surface area (Å²) in [5.41, 5.74) is 5.88. The van der Waals surface area contributed by atoms with Crippen LogP contribution in [0.1, 0.15) is 39.5 Å². The van der Waals surface area contributed by atoms with E-state index in [9.17, 15) is 8.78 Å². The van der Waals surface area contributed by atoms with E-state index in [2.05, 4.69) is 13.8 Å². The Morgan fingerprint density at radius 1 is 1.20 bits per heavy atom. The average Bonchev–Trinajstić information content (AvgIpc) is 2.20. The SMILES string of the molecule is CCC(CC)CC(N)CCOCC(F)F. The van der Waals surface area contributed by atoms with Crippen LogP contribution < -0.4 is 5.73 Å². The lowest BCUT2D eigenvalue weighted by Gasteiger charge is -2.18. The molecule has 0 spiro atoms. The van der Waals surface area contributed by atoms with Crippen LogP contribution in [0.5, 0.6) is 0 Å². The highest BCUT2D eigenvalue weighted by Gasteiger charge is 2.10. The van der Waals surface area contributed by atoms with Crippen molar-refractivity contribution in [3.63, 3.8) is 0 Å². The zero-order chi connectivity index (χ0) is 11.7. The molecule has 0 fully saturated rings. The van der Waals surface area contributed by atoms with Crippen LogP contribution in [0.2, 0.25) is 0 Å². The van der Waals surface area contributed by atoms with Crippen molar-refractivity contribution in [1.29, 1.82) is 0 Å². The third-order valence-electron chi connectivity index (χ3n) is 2.67. The Morgan fingerprint density at radius 2 is 1.80 bits per heavy atom. The molecular formula is C11H23F2NO. The van der Waals surface area contributed by atoms with Gasteiger partial charge >= 0.3 is 0 Å². The van der Waals surface area contributed by atoms with Gasteiger partial charge in [-0.2, -0.15) is 0 Å². The van der Waals surface area contributed by atoms with Gasteiger partial charge in [0, 0.05) is 12.6 Å². The van der Waals surface area contributed by atoms with Gasteiger partial charge in [0.25, 0.3) is 6.43 Å². The summed E-state index contributed by atoms with van der Waals surface area (Å²) in [4.78, 5) is 0. The van der Waals surface area contributed by atoms with Gasteiger partial charge in [0.15, 0.2) is 0 Å². The van der Waals surface area contributed by atoms with E-state index in [0.717, 1.165) is 19.3 Å². The van der Waals surface area contributed by atoms with Crippen molar-refractivity contribution < 1.29 is 13.5 Å². The van der Waals surface area contributed by atoms with Gasteiger partial charge in [-0.25, -0.2) is 8.78 Å². The lowest BCUT2D eigenvalue weighted by atomic mass is 9.94. The van der Waals surface area contributed by atoms with Gasteiger partial charge in [-0.05, 0) is 18.8 Å². The molecule has 0 bridgehead atoms. The summed E-state index contributed by atoms with van der Waals surface area (Å²) in [5.74, 6) is 0.648. The van der Waals surface area contributed by atoms with Gasteiger partial charge in [-0.1, -0.05) is 26.7 Å². The van der Waals surface area contributed by atoms with Crippen molar-refractivity contribution in [2.75, 3.05) is 13.2 Å². The molecule has 0 aromatic carbocycles. The summed E-state index contributed by atoms with van der Waals surface area (Å²) in [6.45, 7) is 4.16. The predicted molar refractivity (Wildman–Crippen MR) is 58.1 cm³/mol. The third-order valence-corrected chi connectivity index (χ3v) is 2.67. The minimum atomic E-state index is -2.37.